The Bertz CT molecular complexity index is 655. The van der Waals surface area contributed by atoms with Gasteiger partial charge in [0.2, 0.25) is 0 Å². The van der Waals surface area contributed by atoms with Gasteiger partial charge in [-0.1, -0.05) is 60.7 Å². The number of hydrogen-bond acceptors (Lipinski definition) is 3. The molecule has 1 heterocycles. The van der Waals surface area contributed by atoms with Gasteiger partial charge in [0.25, 0.3) is 0 Å². The fourth-order valence-electron chi connectivity index (χ4n) is 4.76. The minimum absolute atomic E-state index is 0.203. The van der Waals surface area contributed by atoms with Crippen LogP contribution in [0.25, 0.3) is 0 Å². The van der Waals surface area contributed by atoms with Gasteiger partial charge in [-0.2, -0.15) is 0 Å². The molecule has 0 spiro atoms. The molecule has 0 bridgehead atoms. The molecule has 1 saturated carbocycles. The highest BCUT2D eigenvalue weighted by molar-refractivity contribution is 5.47. The Morgan fingerprint density at radius 2 is 1.48 bits per heavy atom. The number of piperidine rings is 1. The minimum Gasteiger partial charge on any atom is -0.382 e. The third-order valence-corrected chi connectivity index (χ3v) is 6.34. The molecule has 0 amide bonds. The SMILES string of the molecule is COCCOC1CCN(C[C@H]2CC2(c2ccccc2)c2ccccc2)CC1. The summed E-state index contributed by atoms with van der Waals surface area (Å²) < 4.78 is 11.0. The van der Waals surface area contributed by atoms with Gasteiger partial charge in [-0.05, 0) is 36.3 Å². The van der Waals surface area contributed by atoms with E-state index in [1.807, 2.05) is 0 Å². The maximum Gasteiger partial charge on any atom is 0.0704 e. The van der Waals surface area contributed by atoms with Crippen molar-refractivity contribution in [1.29, 1.82) is 0 Å². The zero-order valence-electron chi connectivity index (χ0n) is 16.3. The van der Waals surface area contributed by atoms with E-state index in [9.17, 15) is 0 Å². The molecule has 0 radical (unpaired) electrons. The number of benzene rings is 2. The van der Waals surface area contributed by atoms with Crippen molar-refractivity contribution in [2.24, 2.45) is 5.92 Å². The molecular weight excluding hydrogens is 334 g/mol. The van der Waals surface area contributed by atoms with Crippen LogP contribution < -0.4 is 0 Å². The Labute approximate surface area is 163 Å². The molecule has 3 nitrogen and oxygen atoms in total. The Morgan fingerprint density at radius 3 is 2.04 bits per heavy atom. The fraction of sp³-hybridized carbons (Fsp3) is 0.500. The summed E-state index contributed by atoms with van der Waals surface area (Å²) in [4.78, 5) is 2.65. The van der Waals surface area contributed by atoms with E-state index in [0.717, 1.165) is 32.5 Å². The van der Waals surface area contributed by atoms with E-state index in [1.165, 1.54) is 24.1 Å². The van der Waals surface area contributed by atoms with Gasteiger partial charge in [0, 0.05) is 32.2 Å². The zero-order chi connectivity index (χ0) is 18.5. The monoisotopic (exact) mass is 365 g/mol. The lowest BCUT2D eigenvalue weighted by molar-refractivity contribution is -0.0153. The molecule has 4 rings (SSSR count). The predicted molar refractivity (Wildman–Crippen MR) is 109 cm³/mol. The predicted octanol–water partition coefficient (Wildman–Crippen LogP) is 4.12. The highest BCUT2D eigenvalue weighted by Gasteiger charge is 2.56. The topological polar surface area (TPSA) is 21.7 Å². The van der Waals surface area contributed by atoms with Gasteiger partial charge in [0.05, 0.1) is 19.3 Å². The van der Waals surface area contributed by atoms with Crippen LogP contribution in [0.3, 0.4) is 0 Å². The molecule has 144 valence electrons. The number of hydrogen-bond donors (Lipinski definition) is 0. The third-order valence-electron chi connectivity index (χ3n) is 6.34. The second-order valence-electron chi connectivity index (χ2n) is 7.97. The Balaban J connectivity index is 1.39. The molecule has 1 aliphatic carbocycles. The van der Waals surface area contributed by atoms with Crippen LogP contribution in [0.4, 0.5) is 0 Å². The summed E-state index contributed by atoms with van der Waals surface area (Å²) in [5, 5.41) is 0. The van der Waals surface area contributed by atoms with Crippen molar-refractivity contribution in [3.05, 3.63) is 71.8 Å². The maximum atomic E-state index is 5.92. The van der Waals surface area contributed by atoms with Gasteiger partial charge >= 0.3 is 0 Å². The molecule has 1 atom stereocenters. The van der Waals surface area contributed by atoms with Gasteiger partial charge in [0.15, 0.2) is 0 Å². The van der Waals surface area contributed by atoms with Gasteiger partial charge < -0.3 is 14.4 Å². The van der Waals surface area contributed by atoms with Crippen LogP contribution in [0.15, 0.2) is 60.7 Å². The average Bonchev–Trinajstić information content (AvgIpc) is 3.46. The summed E-state index contributed by atoms with van der Waals surface area (Å²) in [5.41, 5.74) is 3.15. The first-order valence-electron chi connectivity index (χ1n) is 10.3. The molecular formula is C24H31NO2. The lowest BCUT2D eigenvalue weighted by atomic mass is 9.85. The lowest BCUT2D eigenvalue weighted by Gasteiger charge is -2.32. The standard InChI is InChI=1S/C24H31NO2/c1-26-16-17-27-23-12-14-25(15-13-23)19-22-18-24(22,20-8-4-2-5-9-20)21-10-6-3-7-11-21/h2-11,22-23H,12-19H2,1H3/t22-/m1/s1. The van der Waals surface area contributed by atoms with Crippen molar-refractivity contribution in [3.63, 3.8) is 0 Å². The van der Waals surface area contributed by atoms with Crippen molar-refractivity contribution < 1.29 is 9.47 Å². The van der Waals surface area contributed by atoms with E-state index >= 15 is 0 Å². The molecule has 2 aliphatic rings. The van der Waals surface area contributed by atoms with E-state index < -0.39 is 0 Å². The van der Waals surface area contributed by atoms with Crippen LogP contribution in [-0.2, 0) is 14.9 Å². The van der Waals surface area contributed by atoms with Crippen LogP contribution in [0.2, 0.25) is 0 Å². The average molecular weight is 366 g/mol. The molecule has 2 aromatic rings. The van der Waals surface area contributed by atoms with Crippen LogP contribution in [0.5, 0.6) is 0 Å². The quantitative estimate of drug-likeness (QED) is 0.657. The van der Waals surface area contributed by atoms with Crippen LogP contribution in [-0.4, -0.2) is 51.0 Å². The number of ether oxygens (including phenoxy) is 2. The Morgan fingerprint density at radius 1 is 0.889 bits per heavy atom. The second kappa shape index (κ2) is 8.55. The third kappa shape index (κ3) is 4.11. The number of nitrogens with zero attached hydrogens (tertiary/aromatic N) is 1. The molecule has 0 N–H and O–H groups in total. The Kier molecular flexibility index (Phi) is 5.92. The minimum atomic E-state index is 0.203. The molecule has 1 saturated heterocycles. The van der Waals surface area contributed by atoms with Gasteiger partial charge in [0.1, 0.15) is 0 Å². The summed E-state index contributed by atoms with van der Waals surface area (Å²) in [7, 11) is 1.73. The molecule has 0 aromatic heterocycles. The van der Waals surface area contributed by atoms with Gasteiger partial charge in [-0.3, -0.25) is 0 Å². The van der Waals surface area contributed by atoms with Crippen molar-refractivity contribution in [3.8, 4) is 0 Å². The van der Waals surface area contributed by atoms with Crippen molar-refractivity contribution in [1.82, 2.24) is 4.90 Å². The highest BCUT2D eigenvalue weighted by atomic mass is 16.5. The summed E-state index contributed by atoms with van der Waals surface area (Å²) in [5.74, 6) is 0.702. The van der Waals surface area contributed by atoms with Crippen LogP contribution in [0.1, 0.15) is 30.4 Å². The maximum absolute atomic E-state index is 5.92. The van der Waals surface area contributed by atoms with E-state index in [2.05, 4.69) is 65.6 Å². The largest absolute Gasteiger partial charge is 0.382 e. The molecule has 3 heteroatoms. The number of rotatable bonds is 8. The first-order chi connectivity index (χ1) is 13.3. The van der Waals surface area contributed by atoms with Crippen LogP contribution in [0, 0.1) is 5.92 Å². The Hall–Kier alpha value is -1.68. The molecule has 0 unspecified atom stereocenters. The zero-order valence-corrected chi connectivity index (χ0v) is 16.3. The van der Waals surface area contributed by atoms with Gasteiger partial charge in [-0.15, -0.1) is 0 Å². The van der Waals surface area contributed by atoms with E-state index in [1.54, 1.807) is 7.11 Å². The van der Waals surface area contributed by atoms with Crippen LogP contribution >= 0.6 is 0 Å². The molecule has 27 heavy (non-hydrogen) atoms. The lowest BCUT2D eigenvalue weighted by Crippen LogP contribution is -2.39. The molecule has 2 fully saturated rings. The van der Waals surface area contributed by atoms with Gasteiger partial charge in [-0.25, -0.2) is 0 Å². The molecule has 1 aliphatic heterocycles. The molecule has 2 aromatic carbocycles. The van der Waals surface area contributed by atoms with Crippen molar-refractivity contribution in [2.45, 2.75) is 30.8 Å². The van der Waals surface area contributed by atoms with Crippen molar-refractivity contribution in [2.75, 3.05) is 40.0 Å². The highest BCUT2D eigenvalue weighted by Crippen LogP contribution is 2.59. The number of likely N-dealkylation sites (tertiary alicyclic amines) is 1. The first kappa shape index (κ1) is 18.7. The summed E-state index contributed by atoms with van der Waals surface area (Å²) >= 11 is 0. The van der Waals surface area contributed by atoms with E-state index in [0.29, 0.717) is 18.6 Å². The summed E-state index contributed by atoms with van der Waals surface area (Å²) in [6.45, 7) is 4.89. The van der Waals surface area contributed by atoms with Crippen molar-refractivity contribution >= 4 is 0 Å². The summed E-state index contributed by atoms with van der Waals surface area (Å²) in [6.07, 6.45) is 3.94. The normalized spacial score (nSPS) is 22.6. The fourth-order valence-corrected chi connectivity index (χ4v) is 4.76. The summed E-state index contributed by atoms with van der Waals surface area (Å²) in [6, 6.07) is 22.2. The second-order valence-corrected chi connectivity index (χ2v) is 7.97. The van der Waals surface area contributed by atoms with E-state index in [4.69, 9.17) is 9.47 Å². The smallest absolute Gasteiger partial charge is 0.0704 e. The first-order valence-corrected chi connectivity index (χ1v) is 10.3. The number of methoxy groups -OCH3 is 1. The van der Waals surface area contributed by atoms with E-state index in [-0.39, 0.29) is 5.41 Å².